The molecule has 0 aliphatic rings. The van der Waals surface area contributed by atoms with E-state index in [4.69, 9.17) is 44.9 Å². The van der Waals surface area contributed by atoms with E-state index in [1.807, 2.05) is 103 Å². The lowest BCUT2D eigenvalue weighted by molar-refractivity contribution is 0.697. The van der Waals surface area contributed by atoms with Crippen molar-refractivity contribution in [3.8, 4) is 79.5 Å². The smallest absolute Gasteiger partial charge is 0.164 e. The van der Waals surface area contributed by atoms with Crippen LogP contribution in [0, 0.1) is 0 Å². The van der Waals surface area contributed by atoms with Gasteiger partial charge in [-0.05, 0) is 29.3 Å². The van der Waals surface area contributed by atoms with Crippen LogP contribution in [-0.2, 0) is 0 Å². The lowest BCUT2D eigenvalue weighted by atomic mass is 9.96. The van der Waals surface area contributed by atoms with Gasteiger partial charge in [-0.2, -0.15) is 0 Å². The molecule has 3 heterocycles. The quantitative estimate of drug-likeness (QED) is 0.135. The van der Waals surface area contributed by atoms with Gasteiger partial charge in [-0.1, -0.05) is 157 Å². The predicted molar refractivity (Wildman–Crippen MR) is 227 cm³/mol. The maximum atomic E-state index is 5.11. The average Bonchev–Trinajstić information content (AvgIpc) is 3.26. The maximum Gasteiger partial charge on any atom is 0.164 e. The van der Waals surface area contributed by atoms with Crippen molar-refractivity contribution in [2.75, 3.05) is 0 Å². The Labute approximate surface area is 333 Å². The summed E-state index contributed by atoms with van der Waals surface area (Å²) in [6.07, 6.45) is 0. The van der Waals surface area contributed by atoms with Gasteiger partial charge >= 0.3 is 0 Å². The summed E-state index contributed by atoms with van der Waals surface area (Å²) in [4.78, 5) is 44.6. The molecule has 9 heteroatoms. The maximum absolute atomic E-state index is 5.11. The van der Waals surface area contributed by atoms with E-state index in [1.54, 1.807) is 0 Å². The molecule has 3 aromatic heterocycles. The van der Waals surface area contributed by atoms with Crippen molar-refractivity contribution in [3.63, 3.8) is 0 Å². The van der Waals surface area contributed by atoms with Crippen LogP contribution in [0.3, 0.4) is 0 Å². The molecule has 0 atom stereocenters. The van der Waals surface area contributed by atoms with Gasteiger partial charge in [0.25, 0.3) is 0 Å². The molecule has 0 radical (unpaired) electrons. The number of nitrogens with zero attached hydrogens (tertiary/aromatic N) is 9. The van der Waals surface area contributed by atoms with Crippen molar-refractivity contribution in [1.29, 1.82) is 0 Å². The second-order valence-electron chi connectivity index (χ2n) is 14.9. The first kappa shape index (κ1) is 37.1. The molecule has 0 saturated carbocycles. The summed E-state index contributed by atoms with van der Waals surface area (Å²) in [6, 6.07) is 44.7. The van der Waals surface area contributed by atoms with Gasteiger partial charge in [-0.3, -0.25) is 0 Å². The second-order valence-corrected chi connectivity index (χ2v) is 14.9. The Kier molecular flexibility index (Phi) is 10.5. The highest BCUT2D eigenvalue weighted by atomic mass is 15.1. The van der Waals surface area contributed by atoms with E-state index in [2.05, 4.69) is 71.9 Å². The fourth-order valence-corrected chi connectivity index (χ4v) is 6.42. The Balaban J connectivity index is 1.27. The zero-order valence-electron chi connectivity index (χ0n) is 33.0. The van der Waals surface area contributed by atoms with E-state index in [-0.39, 0.29) is 17.8 Å². The van der Waals surface area contributed by atoms with E-state index in [9.17, 15) is 0 Å². The molecule has 0 bridgehead atoms. The third-order valence-corrected chi connectivity index (χ3v) is 9.55. The van der Waals surface area contributed by atoms with Crippen molar-refractivity contribution >= 4 is 0 Å². The van der Waals surface area contributed by atoms with Gasteiger partial charge in [0.15, 0.2) is 34.9 Å². The molecule has 8 rings (SSSR count). The lowest BCUT2D eigenvalue weighted by Gasteiger charge is -2.15. The molecule has 5 aromatic carbocycles. The SMILES string of the molecule is CC(C)c1nc(-c2cccc(-c3nc(C(C)C)nc(C(C)C)n3)c2)nc(-c2ccc(-c3nc(-c4ccccc4)nc(-c4ccccc4)n3)c(-c3ccccc3)c2)n1. The molecule has 0 aliphatic carbocycles. The number of rotatable bonds is 10. The summed E-state index contributed by atoms with van der Waals surface area (Å²) in [5.41, 5.74) is 7.23. The van der Waals surface area contributed by atoms with E-state index in [0.29, 0.717) is 40.8 Å². The summed E-state index contributed by atoms with van der Waals surface area (Å²) < 4.78 is 0. The van der Waals surface area contributed by atoms with Crippen LogP contribution in [-0.4, -0.2) is 44.9 Å². The zero-order valence-corrected chi connectivity index (χ0v) is 33.0. The fraction of sp³-hybridized carbons (Fsp3) is 0.188. The molecular weight excluding hydrogens is 703 g/mol. The van der Waals surface area contributed by atoms with Crippen LogP contribution >= 0.6 is 0 Å². The van der Waals surface area contributed by atoms with Crippen molar-refractivity contribution in [1.82, 2.24) is 44.9 Å². The molecular formula is C48H43N9. The minimum atomic E-state index is 0.0605. The van der Waals surface area contributed by atoms with Crippen LogP contribution in [0.1, 0.15) is 76.8 Å². The van der Waals surface area contributed by atoms with Crippen LogP contribution in [0.25, 0.3) is 79.5 Å². The van der Waals surface area contributed by atoms with Crippen LogP contribution in [0.5, 0.6) is 0 Å². The summed E-state index contributed by atoms with van der Waals surface area (Å²) in [6.45, 7) is 12.6. The van der Waals surface area contributed by atoms with Gasteiger partial charge < -0.3 is 0 Å². The Morgan fingerprint density at radius 3 is 1.07 bits per heavy atom. The minimum absolute atomic E-state index is 0.0605. The predicted octanol–water partition coefficient (Wildman–Crippen LogP) is 11.3. The number of benzene rings is 5. The highest BCUT2D eigenvalue weighted by Crippen LogP contribution is 2.36. The van der Waals surface area contributed by atoms with Gasteiger partial charge in [-0.25, -0.2) is 44.9 Å². The first-order chi connectivity index (χ1) is 27.7. The number of aromatic nitrogens is 9. The van der Waals surface area contributed by atoms with Crippen LogP contribution < -0.4 is 0 Å². The standard InChI is InChI=1S/C48H43N9/c1-29(2)40-49-41(30(3)4)51-45(50-40)35-23-16-24-36(27-35)46-52-42(31(5)6)53-47(55-46)37-25-26-38(39(28-37)32-17-10-7-11-18-32)48-56-43(33-19-12-8-13-20-33)54-44(57-48)34-21-14-9-15-22-34/h7-31H,1-6H3. The normalized spacial score (nSPS) is 11.5. The third kappa shape index (κ3) is 8.09. The monoisotopic (exact) mass is 745 g/mol. The van der Waals surface area contributed by atoms with Gasteiger partial charge in [0, 0.05) is 51.1 Å². The fourth-order valence-electron chi connectivity index (χ4n) is 6.42. The highest BCUT2D eigenvalue weighted by Gasteiger charge is 2.20. The Hall–Kier alpha value is -6.87. The van der Waals surface area contributed by atoms with Crippen molar-refractivity contribution in [3.05, 3.63) is 151 Å². The molecule has 0 unspecified atom stereocenters. The number of hydrogen-bond donors (Lipinski definition) is 0. The summed E-state index contributed by atoms with van der Waals surface area (Å²) in [5.74, 6) is 6.23. The topological polar surface area (TPSA) is 116 Å². The Morgan fingerprint density at radius 2 is 0.614 bits per heavy atom. The second kappa shape index (κ2) is 16.1. The molecule has 0 saturated heterocycles. The number of hydrogen-bond acceptors (Lipinski definition) is 9. The molecule has 57 heavy (non-hydrogen) atoms. The molecule has 9 nitrogen and oxygen atoms in total. The molecule has 0 aliphatic heterocycles. The lowest BCUT2D eigenvalue weighted by Crippen LogP contribution is -2.08. The average molecular weight is 746 g/mol. The first-order valence-corrected chi connectivity index (χ1v) is 19.4. The first-order valence-electron chi connectivity index (χ1n) is 19.4. The molecule has 0 fully saturated rings. The largest absolute Gasteiger partial charge is 0.217 e. The van der Waals surface area contributed by atoms with Gasteiger partial charge in [-0.15, -0.1) is 0 Å². The van der Waals surface area contributed by atoms with Gasteiger partial charge in [0.05, 0.1) is 0 Å². The Morgan fingerprint density at radius 1 is 0.263 bits per heavy atom. The summed E-state index contributed by atoms with van der Waals surface area (Å²) in [7, 11) is 0. The highest BCUT2D eigenvalue weighted by molar-refractivity contribution is 5.85. The molecule has 0 amide bonds. The van der Waals surface area contributed by atoms with E-state index < -0.39 is 0 Å². The van der Waals surface area contributed by atoms with Crippen molar-refractivity contribution < 1.29 is 0 Å². The van der Waals surface area contributed by atoms with Crippen molar-refractivity contribution in [2.24, 2.45) is 0 Å². The van der Waals surface area contributed by atoms with E-state index >= 15 is 0 Å². The Bertz CT molecular complexity index is 2580. The van der Waals surface area contributed by atoms with Crippen LogP contribution in [0.4, 0.5) is 0 Å². The zero-order chi connectivity index (χ0) is 39.5. The van der Waals surface area contributed by atoms with Crippen LogP contribution in [0.15, 0.2) is 133 Å². The molecule has 280 valence electrons. The molecule has 8 aromatic rings. The summed E-state index contributed by atoms with van der Waals surface area (Å²) in [5, 5.41) is 0. The van der Waals surface area contributed by atoms with Gasteiger partial charge in [0.1, 0.15) is 17.5 Å². The minimum Gasteiger partial charge on any atom is -0.217 e. The third-order valence-electron chi connectivity index (χ3n) is 9.55. The van der Waals surface area contributed by atoms with Crippen molar-refractivity contribution in [2.45, 2.75) is 59.3 Å². The van der Waals surface area contributed by atoms with E-state index in [1.165, 1.54) is 0 Å². The van der Waals surface area contributed by atoms with Crippen LogP contribution in [0.2, 0.25) is 0 Å². The summed E-state index contributed by atoms with van der Waals surface area (Å²) >= 11 is 0. The molecule has 0 N–H and O–H groups in total. The molecule has 0 spiro atoms. The van der Waals surface area contributed by atoms with E-state index in [0.717, 1.165) is 56.2 Å². The van der Waals surface area contributed by atoms with Gasteiger partial charge in [0.2, 0.25) is 0 Å².